The van der Waals surface area contributed by atoms with E-state index in [0.717, 1.165) is 36.5 Å². The van der Waals surface area contributed by atoms with Gasteiger partial charge in [0, 0.05) is 51.2 Å². The van der Waals surface area contributed by atoms with E-state index in [2.05, 4.69) is 26.8 Å². The lowest BCUT2D eigenvalue weighted by molar-refractivity contribution is -0.123. The van der Waals surface area contributed by atoms with Crippen LogP contribution in [0.5, 0.6) is 0 Å². The number of rotatable bonds is 7. The number of imidazole rings is 1. The first-order chi connectivity index (χ1) is 14.7. The number of fused-ring (bicyclic) bond motifs is 1. The summed E-state index contributed by atoms with van der Waals surface area (Å²) in [6, 6.07) is 7.05. The molecule has 0 spiro atoms. The van der Waals surface area contributed by atoms with E-state index in [9.17, 15) is 9.59 Å². The van der Waals surface area contributed by atoms with Crippen LogP contribution in [0.2, 0.25) is 0 Å². The zero-order valence-electron chi connectivity index (χ0n) is 17.0. The number of hydrogen-bond donors (Lipinski definition) is 1. The van der Waals surface area contributed by atoms with E-state index >= 15 is 0 Å². The Morgan fingerprint density at radius 3 is 2.93 bits per heavy atom. The van der Waals surface area contributed by atoms with Crippen LogP contribution in [0.3, 0.4) is 0 Å². The van der Waals surface area contributed by atoms with Crippen LogP contribution >= 0.6 is 0 Å². The molecule has 1 N–H and O–H groups in total. The van der Waals surface area contributed by atoms with Crippen molar-refractivity contribution in [3.8, 4) is 0 Å². The highest BCUT2D eigenvalue weighted by atomic mass is 16.3. The Morgan fingerprint density at radius 1 is 1.23 bits per heavy atom. The summed E-state index contributed by atoms with van der Waals surface area (Å²) in [6.07, 6.45) is 8.59. The van der Waals surface area contributed by atoms with Gasteiger partial charge in [-0.15, -0.1) is 0 Å². The Hall–Kier alpha value is -3.42. The number of hydrogen-bond acceptors (Lipinski definition) is 5. The van der Waals surface area contributed by atoms with Gasteiger partial charge >= 0.3 is 0 Å². The molecule has 0 aromatic carbocycles. The van der Waals surface area contributed by atoms with Crippen molar-refractivity contribution >= 4 is 11.8 Å². The second kappa shape index (κ2) is 8.94. The van der Waals surface area contributed by atoms with Gasteiger partial charge in [-0.2, -0.15) is 0 Å². The van der Waals surface area contributed by atoms with Gasteiger partial charge in [0.05, 0.1) is 17.9 Å². The van der Waals surface area contributed by atoms with Gasteiger partial charge in [0.15, 0.2) is 5.76 Å². The van der Waals surface area contributed by atoms with Crippen molar-refractivity contribution in [2.45, 2.75) is 38.8 Å². The molecule has 1 aliphatic rings. The fourth-order valence-electron chi connectivity index (χ4n) is 3.84. The van der Waals surface area contributed by atoms with Crippen molar-refractivity contribution in [2.75, 3.05) is 13.1 Å². The van der Waals surface area contributed by atoms with E-state index in [4.69, 9.17) is 4.42 Å². The predicted molar refractivity (Wildman–Crippen MR) is 110 cm³/mol. The number of pyridine rings is 1. The lowest BCUT2D eigenvalue weighted by Gasteiger charge is -2.32. The van der Waals surface area contributed by atoms with Crippen LogP contribution in [-0.2, 0) is 24.3 Å². The van der Waals surface area contributed by atoms with Gasteiger partial charge in [0.2, 0.25) is 5.91 Å². The molecule has 3 aromatic heterocycles. The highest BCUT2D eigenvalue weighted by Crippen LogP contribution is 2.27. The highest BCUT2D eigenvalue weighted by molar-refractivity contribution is 5.93. The molecular weight excluding hydrogens is 382 g/mol. The number of amides is 2. The molecule has 8 nitrogen and oxygen atoms in total. The summed E-state index contributed by atoms with van der Waals surface area (Å²) in [6.45, 7) is 4.10. The van der Waals surface area contributed by atoms with Crippen LogP contribution < -0.4 is 5.32 Å². The zero-order chi connectivity index (χ0) is 20.9. The molecule has 2 amide bonds. The van der Waals surface area contributed by atoms with Crippen molar-refractivity contribution in [3.63, 3.8) is 0 Å². The third-order valence-electron chi connectivity index (χ3n) is 5.35. The van der Waals surface area contributed by atoms with Crippen molar-refractivity contribution in [1.29, 1.82) is 0 Å². The number of nitrogens with zero attached hydrogens (tertiary/aromatic N) is 4. The summed E-state index contributed by atoms with van der Waals surface area (Å²) in [7, 11) is 0. The maximum atomic E-state index is 13.0. The first-order valence-electron chi connectivity index (χ1n) is 10.2. The zero-order valence-corrected chi connectivity index (χ0v) is 17.0. The third kappa shape index (κ3) is 4.12. The molecule has 1 atom stereocenters. The second-order valence-electron chi connectivity index (χ2n) is 7.30. The molecule has 0 saturated heterocycles. The van der Waals surface area contributed by atoms with Crippen molar-refractivity contribution in [3.05, 3.63) is 72.0 Å². The fourth-order valence-corrected chi connectivity index (χ4v) is 3.84. The average Bonchev–Trinajstić information content (AvgIpc) is 3.47. The molecule has 156 valence electrons. The molecule has 0 radical (unpaired) electrons. The van der Waals surface area contributed by atoms with Gasteiger partial charge in [-0.1, -0.05) is 13.0 Å². The molecule has 0 saturated carbocycles. The van der Waals surface area contributed by atoms with E-state index in [1.54, 1.807) is 29.4 Å². The SMILES string of the molecule is CCc1nccn1CCCNC(=O)C1CN(C(=O)c2ccco2)Cc2cccnc21. The molecule has 1 unspecified atom stereocenters. The summed E-state index contributed by atoms with van der Waals surface area (Å²) in [5.74, 6) is 0.466. The normalized spacial score (nSPS) is 15.6. The van der Waals surface area contributed by atoms with Crippen LogP contribution in [0.1, 0.15) is 46.9 Å². The quantitative estimate of drug-likeness (QED) is 0.607. The Kier molecular flexibility index (Phi) is 5.92. The Labute approximate surface area is 174 Å². The summed E-state index contributed by atoms with van der Waals surface area (Å²) < 4.78 is 7.36. The summed E-state index contributed by atoms with van der Waals surface area (Å²) in [4.78, 5) is 36.1. The number of carbonyl (C=O) groups excluding carboxylic acids is 2. The molecule has 0 fully saturated rings. The molecule has 8 heteroatoms. The van der Waals surface area contributed by atoms with Gasteiger partial charge in [-0.25, -0.2) is 4.98 Å². The molecule has 3 aromatic rings. The van der Waals surface area contributed by atoms with Crippen molar-refractivity contribution < 1.29 is 14.0 Å². The second-order valence-corrected chi connectivity index (χ2v) is 7.30. The van der Waals surface area contributed by atoms with Gasteiger partial charge in [-0.3, -0.25) is 14.6 Å². The maximum Gasteiger partial charge on any atom is 0.289 e. The van der Waals surface area contributed by atoms with E-state index in [1.807, 2.05) is 18.3 Å². The minimum Gasteiger partial charge on any atom is -0.459 e. The summed E-state index contributed by atoms with van der Waals surface area (Å²) >= 11 is 0. The lowest BCUT2D eigenvalue weighted by Crippen LogP contribution is -2.44. The minimum atomic E-state index is -0.506. The topological polar surface area (TPSA) is 93.3 Å². The standard InChI is InChI=1S/C22H25N5O3/c1-2-19-23-10-12-26(19)11-5-9-25-21(28)17-15-27(22(29)18-7-4-13-30-18)14-16-6-3-8-24-20(16)17/h3-4,6-8,10,12-13,17H,2,5,9,11,14-15H2,1H3,(H,25,28). The molecule has 1 aliphatic heterocycles. The highest BCUT2D eigenvalue weighted by Gasteiger charge is 2.34. The molecule has 0 bridgehead atoms. The predicted octanol–water partition coefficient (Wildman–Crippen LogP) is 2.38. The summed E-state index contributed by atoms with van der Waals surface area (Å²) in [5.41, 5.74) is 1.62. The molecule has 30 heavy (non-hydrogen) atoms. The number of furan rings is 1. The first-order valence-corrected chi connectivity index (χ1v) is 10.2. The molecule has 0 aliphatic carbocycles. The summed E-state index contributed by atoms with van der Waals surface area (Å²) in [5, 5.41) is 3.01. The van der Waals surface area contributed by atoms with Crippen LogP contribution in [0.25, 0.3) is 0 Å². The largest absolute Gasteiger partial charge is 0.459 e. The van der Waals surface area contributed by atoms with Gasteiger partial charge in [-0.05, 0) is 30.2 Å². The van der Waals surface area contributed by atoms with E-state index in [1.165, 1.54) is 6.26 Å². The number of aryl methyl sites for hydroxylation is 2. The van der Waals surface area contributed by atoms with E-state index < -0.39 is 5.92 Å². The van der Waals surface area contributed by atoms with Crippen LogP contribution in [-0.4, -0.2) is 44.3 Å². The Balaban J connectivity index is 1.41. The van der Waals surface area contributed by atoms with E-state index in [0.29, 0.717) is 13.1 Å². The van der Waals surface area contributed by atoms with Gasteiger partial charge in [0.25, 0.3) is 5.91 Å². The fraction of sp³-hybridized carbons (Fsp3) is 0.364. The first kappa shape index (κ1) is 19.9. The van der Waals surface area contributed by atoms with Gasteiger partial charge in [0.1, 0.15) is 5.82 Å². The van der Waals surface area contributed by atoms with Crippen LogP contribution in [0.15, 0.2) is 53.5 Å². The molecular formula is C22H25N5O3. The number of nitrogens with one attached hydrogen (secondary N) is 1. The smallest absolute Gasteiger partial charge is 0.289 e. The molecule has 4 heterocycles. The maximum absolute atomic E-state index is 13.0. The van der Waals surface area contributed by atoms with Gasteiger partial charge < -0.3 is 19.2 Å². The van der Waals surface area contributed by atoms with Crippen LogP contribution in [0, 0.1) is 0 Å². The average molecular weight is 407 g/mol. The Bertz CT molecular complexity index is 1010. The van der Waals surface area contributed by atoms with E-state index in [-0.39, 0.29) is 24.1 Å². The third-order valence-corrected chi connectivity index (χ3v) is 5.35. The lowest BCUT2D eigenvalue weighted by atomic mass is 9.93. The van der Waals surface area contributed by atoms with Crippen molar-refractivity contribution in [1.82, 2.24) is 24.8 Å². The number of carbonyl (C=O) groups is 2. The Morgan fingerprint density at radius 2 is 2.13 bits per heavy atom. The monoisotopic (exact) mass is 407 g/mol. The molecule has 4 rings (SSSR count). The van der Waals surface area contributed by atoms with Crippen LogP contribution in [0.4, 0.5) is 0 Å². The minimum absolute atomic E-state index is 0.117. The van der Waals surface area contributed by atoms with Crippen molar-refractivity contribution in [2.24, 2.45) is 0 Å². The number of aromatic nitrogens is 3.